The third-order valence-electron chi connectivity index (χ3n) is 3.45. The second-order valence-corrected chi connectivity index (χ2v) is 4.60. The van der Waals surface area contributed by atoms with Gasteiger partial charge in [-0.1, -0.05) is 38.8 Å². The van der Waals surface area contributed by atoms with Crippen LogP contribution in [0.4, 0.5) is 4.39 Å². The van der Waals surface area contributed by atoms with E-state index in [0.29, 0.717) is 0 Å². The van der Waals surface area contributed by atoms with Crippen molar-refractivity contribution < 1.29 is 19.0 Å². The molecule has 0 aromatic heterocycles. The third kappa shape index (κ3) is 3.77. The van der Waals surface area contributed by atoms with Crippen molar-refractivity contribution in [2.24, 2.45) is 5.92 Å². The van der Waals surface area contributed by atoms with Crippen LogP contribution in [0.1, 0.15) is 32.3 Å². The summed E-state index contributed by atoms with van der Waals surface area (Å²) in [6.07, 6.45) is 0.315. The van der Waals surface area contributed by atoms with E-state index in [0.717, 1.165) is 12.8 Å². The SMILES string of the molecule is CCC(CC)C(O)C(=O)Cc1cccc(OC)c1F. The second-order valence-electron chi connectivity index (χ2n) is 4.60. The fraction of sp³-hybridized carbons (Fsp3) is 0.533. The minimum absolute atomic E-state index is 0.0684. The van der Waals surface area contributed by atoms with Gasteiger partial charge in [-0.05, 0) is 17.5 Å². The summed E-state index contributed by atoms with van der Waals surface area (Å²) in [4.78, 5) is 12.0. The average Bonchev–Trinajstić information content (AvgIpc) is 2.42. The molecule has 1 N–H and O–H groups in total. The molecule has 0 amide bonds. The third-order valence-corrected chi connectivity index (χ3v) is 3.45. The first-order chi connectivity index (χ1) is 9.04. The van der Waals surface area contributed by atoms with Crippen molar-refractivity contribution in [3.63, 3.8) is 0 Å². The van der Waals surface area contributed by atoms with E-state index >= 15 is 0 Å². The number of halogens is 1. The Morgan fingerprint density at radius 2 is 2.00 bits per heavy atom. The van der Waals surface area contributed by atoms with Crippen LogP contribution in [0.3, 0.4) is 0 Å². The highest BCUT2D eigenvalue weighted by molar-refractivity contribution is 5.85. The Kier molecular flexibility index (Phi) is 5.96. The van der Waals surface area contributed by atoms with E-state index in [-0.39, 0.29) is 29.4 Å². The molecule has 0 spiro atoms. The Labute approximate surface area is 113 Å². The summed E-state index contributed by atoms with van der Waals surface area (Å²) >= 11 is 0. The van der Waals surface area contributed by atoms with Crippen molar-refractivity contribution in [3.05, 3.63) is 29.6 Å². The predicted octanol–water partition coefficient (Wildman–Crippen LogP) is 2.74. The van der Waals surface area contributed by atoms with Crippen LogP contribution in [-0.4, -0.2) is 24.1 Å². The van der Waals surface area contributed by atoms with Crippen LogP contribution < -0.4 is 4.74 Å². The number of carbonyl (C=O) groups is 1. The first kappa shape index (κ1) is 15.6. The number of rotatable bonds is 7. The van der Waals surface area contributed by atoms with E-state index in [1.54, 1.807) is 6.07 Å². The molecule has 0 radical (unpaired) electrons. The fourth-order valence-corrected chi connectivity index (χ4v) is 2.14. The number of methoxy groups -OCH3 is 1. The minimum atomic E-state index is -1.03. The molecule has 1 rings (SSSR count). The number of aliphatic hydroxyl groups excluding tert-OH is 1. The van der Waals surface area contributed by atoms with E-state index in [1.165, 1.54) is 19.2 Å². The number of hydrogen-bond acceptors (Lipinski definition) is 3. The molecule has 0 bridgehead atoms. The van der Waals surface area contributed by atoms with Crippen LogP contribution in [0.15, 0.2) is 18.2 Å². The van der Waals surface area contributed by atoms with Crippen LogP contribution >= 0.6 is 0 Å². The van der Waals surface area contributed by atoms with Crippen LogP contribution in [-0.2, 0) is 11.2 Å². The van der Waals surface area contributed by atoms with Crippen molar-refractivity contribution in [3.8, 4) is 5.75 Å². The maximum absolute atomic E-state index is 13.9. The number of carbonyl (C=O) groups excluding carboxylic acids is 1. The smallest absolute Gasteiger partial charge is 0.168 e. The Hall–Kier alpha value is -1.42. The first-order valence-corrected chi connectivity index (χ1v) is 6.57. The molecular weight excluding hydrogens is 247 g/mol. The zero-order valence-electron chi connectivity index (χ0n) is 11.6. The molecule has 19 heavy (non-hydrogen) atoms. The molecule has 0 aliphatic rings. The van der Waals surface area contributed by atoms with Crippen molar-refractivity contribution >= 4 is 5.78 Å². The molecule has 0 aliphatic heterocycles. The molecule has 0 saturated heterocycles. The molecule has 0 saturated carbocycles. The maximum Gasteiger partial charge on any atom is 0.168 e. The molecule has 0 heterocycles. The largest absolute Gasteiger partial charge is 0.494 e. The first-order valence-electron chi connectivity index (χ1n) is 6.57. The molecule has 1 atom stereocenters. The number of ketones is 1. The number of benzene rings is 1. The summed E-state index contributed by atoms with van der Waals surface area (Å²) in [6, 6.07) is 4.67. The lowest BCUT2D eigenvalue weighted by molar-refractivity contribution is -0.129. The highest BCUT2D eigenvalue weighted by Crippen LogP contribution is 2.22. The van der Waals surface area contributed by atoms with Crippen LogP contribution in [0.2, 0.25) is 0 Å². The van der Waals surface area contributed by atoms with Crippen LogP contribution in [0.25, 0.3) is 0 Å². The molecule has 0 fully saturated rings. The summed E-state index contributed by atoms with van der Waals surface area (Å²) < 4.78 is 18.8. The Balaban J connectivity index is 2.82. The van der Waals surface area contributed by atoms with E-state index in [1.807, 2.05) is 13.8 Å². The number of hydrogen-bond donors (Lipinski definition) is 1. The number of aliphatic hydroxyl groups is 1. The van der Waals surface area contributed by atoms with Gasteiger partial charge < -0.3 is 9.84 Å². The van der Waals surface area contributed by atoms with Crippen LogP contribution in [0, 0.1) is 11.7 Å². The van der Waals surface area contributed by atoms with Gasteiger partial charge in [0, 0.05) is 6.42 Å². The van der Waals surface area contributed by atoms with Crippen molar-refractivity contribution in [2.75, 3.05) is 7.11 Å². The zero-order chi connectivity index (χ0) is 14.4. The molecule has 1 aromatic rings. The highest BCUT2D eigenvalue weighted by Gasteiger charge is 2.24. The lowest BCUT2D eigenvalue weighted by Crippen LogP contribution is -2.30. The van der Waals surface area contributed by atoms with Crippen molar-refractivity contribution in [1.82, 2.24) is 0 Å². The summed E-state index contributed by atoms with van der Waals surface area (Å²) in [6.45, 7) is 3.85. The summed E-state index contributed by atoms with van der Waals surface area (Å²) in [7, 11) is 1.38. The standard InChI is InChI=1S/C15H21FO3/c1-4-10(5-2)15(18)12(17)9-11-7-6-8-13(19-3)14(11)16/h6-8,10,15,18H,4-5,9H2,1-3H3. The molecule has 106 valence electrons. The fourth-order valence-electron chi connectivity index (χ4n) is 2.14. The quantitative estimate of drug-likeness (QED) is 0.827. The number of Topliss-reactive ketones (excluding diaryl/α,β-unsaturated/α-hetero) is 1. The molecule has 1 unspecified atom stereocenters. The van der Waals surface area contributed by atoms with Gasteiger partial charge in [-0.15, -0.1) is 0 Å². The molecular formula is C15H21FO3. The molecule has 0 aliphatic carbocycles. The topological polar surface area (TPSA) is 46.5 Å². The van der Waals surface area contributed by atoms with Gasteiger partial charge in [0.25, 0.3) is 0 Å². The van der Waals surface area contributed by atoms with Crippen molar-refractivity contribution in [1.29, 1.82) is 0 Å². The maximum atomic E-state index is 13.9. The van der Waals surface area contributed by atoms with E-state index in [2.05, 4.69) is 0 Å². The lowest BCUT2D eigenvalue weighted by atomic mass is 9.91. The van der Waals surface area contributed by atoms with E-state index in [9.17, 15) is 14.3 Å². The normalized spacial score (nSPS) is 12.5. The van der Waals surface area contributed by atoms with E-state index < -0.39 is 11.9 Å². The van der Waals surface area contributed by atoms with Gasteiger partial charge in [0.2, 0.25) is 0 Å². The summed E-state index contributed by atoms with van der Waals surface area (Å²) in [5.41, 5.74) is 0.259. The van der Waals surface area contributed by atoms with Gasteiger partial charge >= 0.3 is 0 Å². The second kappa shape index (κ2) is 7.24. The van der Waals surface area contributed by atoms with Gasteiger partial charge in [-0.2, -0.15) is 0 Å². The average molecular weight is 268 g/mol. The Morgan fingerprint density at radius 3 is 2.53 bits per heavy atom. The van der Waals surface area contributed by atoms with Gasteiger partial charge in [-0.3, -0.25) is 4.79 Å². The van der Waals surface area contributed by atoms with Crippen LogP contribution in [0.5, 0.6) is 5.75 Å². The van der Waals surface area contributed by atoms with E-state index in [4.69, 9.17) is 4.74 Å². The highest BCUT2D eigenvalue weighted by atomic mass is 19.1. The molecule has 1 aromatic carbocycles. The van der Waals surface area contributed by atoms with Gasteiger partial charge in [0.1, 0.15) is 6.10 Å². The van der Waals surface area contributed by atoms with Crippen molar-refractivity contribution in [2.45, 2.75) is 39.2 Å². The van der Waals surface area contributed by atoms with Gasteiger partial charge in [0.15, 0.2) is 17.3 Å². The predicted molar refractivity (Wildman–Crippen MR) is 71.7 cm³/mol. The van der Waals surface area contributed by atoms with Gasteiger partial charge in [-0.25, -0.2) is 4.39 Å². The Bertz CT molecular complexity index is 427. The summed E-state index contributed by atoms with van der Waals surface area (Å²) in [5.74, 6) is -0.834. The zero-order valence-corrected chi connectivity index (χ0v) is 11.6. The molecule has 4 heteroatoms. The minimum Gasteiger partial charge on any atom is -0.494 e. The molecule has 3 nitrogen and oxygen atoms in total. The Morgan fingerprint density at radius 1 is 1.37 bits per heavy atom. The lowest BCUT2D eigenvalue weighted by Gasteiger charge is -2.19. The number of ether oxygens (including phenoxy) is 1. The summed E-state index contributed by atoms with van der Waals surface area (Å²) in [5, 5.41) is 9.95. The monoisotopic (exact) mass is 268 g/mol. The van der Waals surface area contributed by atoms with Gasteiger partial charge in [0.05, 0.1) is 7.11 Å².